The van der Waals surface area contributed by atoms with Crippen molar-refractivity contribution < 1.29 is 0 Å². The minimum absolute atomic E-state index is 0.795. The van der Waals surface area contributed by atoms with Crippen LogP contribution in [0.5, 0.6) is 0 Å². The number of hydrogen-bond donors (Lipinski definition) is 0. The van der Waals surface area contributed by atoms with Crippen molar-refractivity contribution in [1.29, 1.82) is 0 Å². The number of fused-ring (bicyclic) bond motifs is 2. The summed E-state index contributed by atoms with van der Waals surface area (Å²) in [5.74, 6) is 2.99. The molecule has 3 nitrogen and oxygen atoms in total. The molecule has 2 bridgehead atoms. The number of piperazine rings is 1. The summed E-state index contributed by atoms with van der Waals surface area (Å²) in [7, 11) is 0. The van der Waals surface area contributed by atoms with Crippen LogP contribution in [0.1, 0.15) is 31.2 Å². The molecule has 1 saturated heterocycles. The number of halogens is 1. The van der Waals surface area contributed by atoms with Crippen LogP contribution in [0.3, 0.4) is 0 Å². The predicted octanol–water partition coefficient (Wildman–Crippen LogP) is 3.35. The van der Waals surface area contributed by atoms with Crippen LogP contribution in [0.25, 0.3) is 0 Å². The lowest BCUT2D eigenvalue weighted by Gasteiger charge is -2.41. The molecule has 114 valence electrons. The molecule has 1 aromatic rings. The van der Waals surface area contributed by atoms with Crippen LogP contribution in [0, 0.1) is 18.8 Å². The topological polar surface area (TPSA) is 19.4 Å². The molecule has 4 rings (SSSR count). The maximum atomic E-state index is 6.36. The van der Waals surface area contributed by atoms with E-state index >= 15 is 0 Å². The van der Waals surface area contributed by atoms with E-state index in [2.05, 4.69) is 14.8 Å². The second-order valence-corrected chi connectivity index (χ2v) is 7.49. The van der Waals surface area contributed by atoms with Crippen molar-refractivity contribution >= 4 is 17.4 Å². The highest BCUT2D eigenvalue weighted by Gasteiger charge is 2.42. The molecule has 3 aliphatic rings. The maximum absolute atomic E-state index is 6.36. The molecule has 1 aromatic heterocycles. The van der Waals surface area contributed by atoms with Gasteiger partial charge in [-0.1, -0.05) is 18.0 Å². The number of nitrogens with zero attached hydrogens (tertiary/aromatic N) is 3. The van der Waals surface area contributed by atoms with E-state index in [-0.39, 0.29) is 0 Å². The molecule has 21 heavy (non-hydrogen) atoms. The van der Waals surface area contributed by atoms with Gasteiger partial charge in [0, 0.05) is 38.4 Å². The van der Waals surface area contributed by atoms with Crippen LogP contribution < -0.4 is 4.90 Å². The lowest BCUT2D eigenvalue weighted by Crippen LogP contribution is -2.52. The normalized spacial score (nSPS) is 32.9. The van der Waals surface area contributed by atoms with Gasteiger partial charge < -0.3 is 4.90 Å². The van der Waals surface area contributed by atoms with E-state index in [1.165, 1.54) is 38.8 Å². The van der Waals surface area contributed by atoms with Crippen LogP contribution in [-0.2, 0) is 0 Å². The number of rotatable bonds is 2. The van der Waals surface area contributed by atoms with Crippen LogP contribution in [0.2, 0.25) is 5.02 Å². The highest BCUT2D eigenvalue weighted by Crippen LogP contribution is 2.46. The molecule has 4 heteroatoms. The predicted molar refractivity (Wildman–Crippen MR) is 87.0 cm³/mol. The van der Waals surface area contributed by atoms with E-state index in [0.717, 1.165) is 47.4 Å². The summed E-state index contributed by atoms with van der Waals surface area (Å²) in [6.07, 6.45) is 7.83. The molecular formula is C17H24ClN3. The number of pyridine rings is 1. The molecule has 1 aliphatic heterocycles. The zero-order valence-electron chi connectivity index (χ0n) is 12.8. The van der Waals surface area contributed by atoms with Crippen molar-refractivity contribution in [1.82, 2.24) is 9.88 Å². The Morgan fingerprint density at radius 1 is 1.14 bits per heavy atom. The van der Waals surface area contributed by atoms with Gasteiger partial charge in [-0.2, -0.15) is 0 Å². The fourth-order valence-corrected chi connectivity index (χ4v) is 5.02. The van der Waals surface area contributed by atoms with Gasteiger partial charge in [0.15, 0.2) is 0 Å². The number of aryl methyl sites for hydroxylation is 1. The fourth-order valence-electron chi connectivity index (χ4n) is 4.68. The third-order valence-corrected chi connectivity index (χ3v) is 6.02. The summed E-state index contributed by atoms with van der Waals surface area (Å²) >= 11 is 6.36. The summed E-state index contributed by atoms with van der Waals surface area (Å²) in [6, 6.07) is 2.89. The van der Waals surface area contributed by atoms with E-state index in [1.807, 2.05) is 19.2 Å². The zero-order valence-corrected chi connectivity index (χ0v) is 13.5. The molecule has 2 aliphatic carbocycles. The Labute approximate surface area is 132 Å². The van der Waals surface area contributed by atoms with Crippen LogP contribution in [-0.4, -0.2) is 42.1 Å². The van der Waals surface area contributed by atoms with E-state index in [4.69, 9.17) is 11.6 Å². The second-order valence-electron chi connectivity index (χ2n) is 7.08. The second kappa shape index (κ2) is 5.44. The Morgan fingerprint density at radius 3 is 2.57 bits per heavy atom. The third kappa shape index (κ3) is 2.55. The zero-order chi connectivity index (χ0) is 14.4. The molecule has 0 N–H and O–H groups in total. The van der Waals surface area contributed by atoms with Crippen LogP contribution in [0.15, 0.2) is 12.3 Å². The lowest BCUT2D eigenvalue weighted by atomic mass is 9.93. The first-order valence-electron chi connectivity index (χ1n) is 8.32. The van der Waals surface area contributed by atoms with Gasteiger partial charge in [0.1, 0.15) is 5.82 Å². The van der Waals surface area contributed by atoms with Gasteiger partial charge in [-0.3, -0.25) is 4.90 Å². The average molecular weight is 306 g/mol. The minimum Gasteiger partial charge on any atom is -0.353 e. The van der Waals surface area contributed by atoms with Crippen molar-refractivity contribution in [2.24, 2.45) is 11.8 Å². The SMILES string of the molecule is Cc1cnc(N2CCN([C@H]3C[C@H]4CCC3C4)CC2)c(Cl)c1. The summed E-state index contributed by atoms with van der Waals surface area (Å²) in [4.78, 5) is 9.63. The van der Waals surface area contributed by atoms with Gasteiger partial charge in [-0.05, 0) is 49.7 Å². The lowest BCUT2D eigenvalue weighted by molar-refractivity contribution is 0.134. The van der Waals surface area contributed by atoms with Gasteiger partial charge in [0.25, 0.3) is 0 Å². The molecule has 3 fully saturated rings. The number of aromatic nitrogens is 1. The standard InChI is InChI=1S/C17H24ClN3/c1-12-8-15(18)17(19-11-12)21-6-4-20(5-7-21)16-10-13-2-3-14(16)9-13/h8,11,13-14,16H,2-7,9-10H2,1H3/t13-,14?,16-/m0/s1. The highest BCUT2D eigenvalue weighted by molar-refractivity contribution is 6.33. The molecule has 0 aromatic carbocycles. The monoisotopic (exact) mass is 305 g/mol. The third-order valence-electron chi connectivity index (χ3n) is 5.74. The van der Waals surface area contributed by atoms with Crippen molar-refractivity contribution in [2.75, 3.05) is 31.1 Å². The van der Waals surface area contributed by atoms with Gasteiger partial charge >= 0.3 is 0 Å². The van der Waals surface area contributed by atoms with Crippen molar-refractivity contribution in [2.45, 2.75) is 38.6 Å². The van der Waals surface area contributed by atoms with E-state index in [0.29, 0.717) is 0 Å². The maximum Gasteiger partial charge on any atom is 0.147 e. The molecule has 3 atom stereocenters. The number of anilines is 1. The Morgan fingerprint density at radius 2 is 1.95 bits per heavy atom. The van der Waals surface area contributed by atoms with E-state index < -0.39 is 0 Å². The molecular weight excluding hydrogens is 282 g/mol. The number of hydrogen-bond acceptors (Lipinski definition) is 3. The summed E-state index contributed by atoms with van der Waals surface area (Å²) in [5.41, 5.74) is 1.13. The Hall–Kier alpha value is -0.800. The molecule has 0 radical (unpaired) electrons. The van der Waals surface area contributed by atoms with Crippen LogP contribution in [0.4, 0.5) is 5.82 Å². The molecule has 1 unspecified atom stereocenters. The molecule has 0 amide bonds. The Bertz CT molecular complexity index is 525. The largest absolute Gasteiger partial charge is 0.353 e. The minimum atomic E-state index is 0.795. The van der Waals surface area contributed by atoms with E-state index in [1.54, 1.807) is 0 Å². The van der Waals surface area contributed by atoms with E-state index in [9.17, 15) is 0 Å². The first kappa shape index (κ1) is 13.8. The molecule has 2 heterocycles. The van der Waals surface area contributed by atoms with Gasteiger partial charge in [-0.25, -0.2) is 4.98 Å². The summed E-state index contributed by atoms with van der Waals surface area (Å²) in [5, 5.41) is 0.795. The van der Waals surface area contributed by atoms with Gasteiger partial charge in [0.05, 0.1) is 5.02 Å². The smallest absolute Gasteiger partial charge is 0.147 e. The Balaban J connectivity index is 1.40. The quantitative estimate of drug-likeness (QED) is 0.835. The molecule has 2 saturated carbocycles. The fraction of sp³-hybridized carbons (Fsp3) is 0.706. The Kier molecular flexibility index (Phi) is 3.58. The van der Waals surface area contributed by atoms with Crippen LogP contribution >= 0.6 is 11.6 Å². The summed E-state index contributed by atoms with van der Waals surface area (Å²) in [6.45, 7) is 6.49. The summed E-state index contributed by atoms with van der Waals surface area (Å²) < 4.78 is 0. The first-order valence-corrected chi connectivity index (χ1v) is 8.69. The highest BCUT2D eigenvalue weighted by atomic mass is 35.5. The van der Waals surface area contributed by atoms with Gasteiger partial charge in [-0.15, -0.1) is 0 Å². The van der Waals surface area contributed by atoms with Crippen molar-refractivity contribution in [3.63, 3.8) is 0 Å². The average Bonchev–Trinajstić information content (AvgIpc) is 3.10. The van der Waals surface area contributed by atoms with Crippen molar-refractivity contribution in [3.05, 3.63) is 22.8 Å². The molecule has 0 spiro atoms. The van der Waals surface area contributed by atoms with Gasteiger partial charge in [0.2, 0.25) is 0 Å². The van der Waals surface area contributed by atoms with Crippen molar-refractivity contribution in [3.8, 4) is 0 Å². The first-order chi connectivity index (χ1) is 10.2.